The largest absolute Gasteiger partial charge is 0.351 e. The molecule has 0 bridgehead atoms. The van der Waals surface area contributed by atoms with E-state index in [0.29, 0.717) is 28.0 Å². The Morgan fingerprint density at radius 2 is 2.14 bits per heavy atom. The summed E-state index contributed by atoms with van der Waals surface area (Å²) in [4.78, 5) is 13.7. The van der Waals surface area contributed by atoms with E-state index in [9.17, 15) is 4.79 Å². The van der Waals surface area contributed by atoms with Crippen LogP contribution in [0.1, 0.15) is 32.6 Å². The molecule has 11 heteroatoms. The summed E-state index contributed by atoms with van der Waals surface area (Å²) in [7, 11) is 0. The van der Waals surface area contributed by atoms with Gasteiger partial charge in [0, 0.05) is 16.6 Å². The van der Waals surface area contributed by atoms with E-state index in [1.54, 1.807) is 18.2 Å². The Morgan fingerprint density at radius 1 is 1.29 bits per heavy atom. The van der Waals surface area contributed by atoms with Gasteiger partial charge in [-0.2, -0.15) is 9.48 Å². The second kappa shape index (κ2) is 8.01. The zero-order valence-corrected chi connectivity index (χ0v) is 16.1. The first-order valence-electron chi connectivity index (χ1n) is 9.20. The van der Waals surface area contributed by atoms with Gasteiger partial charge in [0.15, 0.2) is 0 Å². The van der Waals surface area contributed by atoms with Gasteiger partial charge in [-0.05, 0) is 52.6 Å². The van der Waals surface area contributed by atoms with Crippen molar-refractivity contribution in [2.24, 2.45) is 5.92 Å². The van der Waals surface area contributed by atoms with Crippen LogP contribution < -0.4 is 5.32 Å². The van der Waals surface area contributed by atoms with Gasteiger partial charge in [-0.15, -0.1) is 15.3 Å². The molecule has 2 atom stereocenters. The smallest absolute Gasteiger partial charge is 0.243 e. The van der Waals surface area contributed by atoms with Crippen LogP contribution in [-0.2, 0) is 11.3 Å². The van der Waals surface area contributed by atoms with Gasteiger partial charge in [0.2, 0.25) is 11.7 Å². The number of nitrogens with zero attached hydrogens (tertiary/aromatic N) is 8. The number of carbonyl (C=O) groups excluding carboxylic acids is 1. The molecule has 0 saturated heterocycles. The zero-order valence-electron chi connectivity index (χ0n) is 15.4. The zero-order chi connectivity index (χ0) is 19.5. The number of nitrogens with one attached hydrogen (secondary N) is 1. The Labute approximate surface area is 166 Å². The van der Waals surface area contributed by atoms with Gasteiger partial charge in [0.05, 0.1) is 5.69 Å². The molecule has 1 aliphatic rings. The van der Waals surface area contributed by atoms with Crippen molar-refractivity contribution in [3.05, 3.63) is 29.5 Å². The molecule has 2 heterocycles. The molecule has 1 aromatic carbocycles. The first-order valence-corrected chi connectivity index (χ1v) is 9.58. The predicted molar refractivity (Wildman–Crippen MR) is 101 cm³/mol. The summed E-state index contributed by atoms with van der Waals surface area (Å²) in [5.41, 5.74) is 1.28. The molecule has 2 aromatic heterocycles. The number of halogens is 1. The molecule has 3 aromatic rings. The maximum Gasteiger partial charge on any atom is 0.243 e. The number of amides is 1. The first kappa shape index (κ1) is 18.5. The second-order valence-electron chi connectivity index (χ2n) is 7.00. The van der Waals surface area contributed by atoms with Crippen LogP contribution >= 0.6 is 11.6 Å². The maximum absolute atomic E-state index is 12.4. The third-order valence-electron chi connectivity index (χ3n) is 4.99. The molecule has 1 aliphatic carbocycles. The number of hydrogen-bond acceptors (Lipinski definition) is 7. The molecule has 4 rings (SSSR count). The van der Waals surface area contributed by atoms with Crippen LogP contribution in [-0.4, -0.2) is 52.4 Å². The van der Waals surface area contributed by atoms with Gasteiger partial charge in [-0.25, -0.2) is 0 Å². The molecule has 1 N–H and O–H groups in total. The van der Waals surface area contributed by atoms with Crippen LogP contribution in [0.15, 0.2) is 24.5 Å². The minimum Gasteiger partial charge on any atom is -0.351 e. The summed E-state index contributed by atoms with van der Waals surface area (Å²) in [5.74, 6) is 0.741. The van der Waals surface area contributed by atoms with E-state index in [4.69, 9.17) is 11.6 Å². The molecule has 0 spiro atoms. The lowest BCUT2D eigenvalue weighted by molar-refractivity contribution is -0.123. The van der Waals surface area contributed by atoms with Crippen LogP contribution in [0, 0.1) is 5.92 Å². The fourth-order valence-electron chi connectivity index (χ4n) is 3.48. The van der Waals surface area contributed by atoms with Crippen molar-refractivity contribution in [2.75, 3.05) is 0 Å². The highest BCUT2D eigenvalue weighted by molar-refractivity contribution is 6.30. The van der Waals surface area contributed by atoms with Crippen LogP contribution in [0.2, 0.25) is 5.02 Å². The van der Waals surface area contributed by atoms with Crippen LogP contribution in [0.25, 0.3) is 17.1 Å². The van der Waals surface area contributed by atoms with E-state index < -0.39 is 0 Å². The van der Waals surface area contributed by atoms with Crippen molar-refractivity contribution in [1.82, 2.24) is 45.7 Å². The Bertz CT molecular complexity index is 955. The Morgan fingerprint density at radius 3 is 2.93 bits per heavy atom. The summed E-state index contributed by atoms with van der Waals surface area (Å²) < 4.78 is 1.47. The SMILES string of the molecule is C[C@H]1CCCC[C@@H]1NC(=O)Cn1nnc(-c2ccc(Cl)cc2-n2cnnn2)n1. The summed E-state index contributed by atoms with van der Waals surface area (Å²) in [6.45, 7) is 2.20. The molecule has 0 aliphatic heterocycles. The van der Waals surface area contributed by atoms with E-state index in [-0.39, 0.29) is 18.5 Å². The number of tetrazole rings is 2. The average Bonchev–Trinajstić information content (AvgIpc) is 3.36. The van der Waals surface area contributed by atoms with E-state index >= 15 is 0 Å². The van der Waals surface area contributed by atoms with Crippen LogP contribution in [0.4, 0.5) is 0 Å². The van der Waals surface area contributed by atoms with E-state index in [1.165, 1.54) is 22.2 Å². The third kappa shape index (κ3) is 4.01. The minimum absolute atomic E-state index is 0.0179. The average molecular weight is 402 g/mol. The van der Waals surface area contributed by atoms with Crippen molar-refractivity contribution < 1.29 is 4.79 Å². The quantitative estimate of drug-likeness (QED) is 0.690. The number of benzene rings is 1. The normalized spacial score (nSPS) is 19.5. The Kier molecular flexibility index (Phi) is 5.29. The highest BCUT2D eigenvalue weighted by Crippen LogP contribution is 2.26. The van der Waals surface area contributed by atoms with Crippen molar-refractivity contribution in [3.63, 3.8) is 0 Å². The minimum atomic E-state index is -0.112. The molecule has 0 radical (unpaired) electrons. The van der Waals surface area contributed by atoms with Crippen molar-refractivity contribution in [2.45, 2.75) is 45.2 Å². The van der Waals surface area contributed by atoms with Crippen LogP contribution in [0.3, 0.4) is 0 Å². The van der Waals surface area contributed by atoms with Crippen molar-refractivity contribution in [3.8, 4) is 17.1 Å². The number of aromatic nitrogens is 8. The lowest BCUT2D eigenvalue weighted by Crippen LogP contribution is -2.42. The molecular weight excluding hydrogens is 382 g/mol. The molecular formula is C17H20ClN9O. The molecule has 1 amide bonds. The van der Waals surface area contributed by atoms with E-state index in [0.717, 1.165) is 19.3 Å². The summed E-state index contributed by atoms with van der Waals surface area (Å²) in [6, 6.07) is 5.42. The summed E-state index contributed by atoms with van der Waals surface area (Å²) in [5, 5.41) is 27.2. The Hall–Kier alpha value is -2.88. The number of hydrogen-bond donors (Lipinski definition) is 1. The lowest BCUT2D eigenvalue weighted by Gasteiger charge is -2.29. The molecule has 1 saturated carbocycles. The number of carbonyl (C=O) groups is 1. The molecule has 0 unspecified atom stereocenters. The molecule has 28 heavy (non-hydrogen) atoms. The highest BCUT2D eigenvalue weighted by Gasteiger charge is 2.23. The molecule has 10 nitrogen and oxygen atoms in total. The summed E-state index contributed by atoms with van der Waals surface area (Å²) >= 11 is 6.10. The topological polar surface area (TPSA) is 116 Å². The molecule has 1 fully saturated rings. The lowest BCUT2D eigenvalue weighted by atomic mass is 9.86. The van der Waals surface area contributed by atoms with Gasteiger partial charge in [0.1, 0.15) is 12.9 Å². The summed E-state index contributed by atoms with van der Waals surface area (Å²) in [6.07, 6.45) is 6.00. The van der Waals surface area contributed by atoms with Gasteiger partial charge in [0.25, 0.3) is 0 Å². The first-order chi connectivity index (χ1) is 13.6. The van der Waals surface area contributed by atoms with Crippen molar-refractivity contribution in [1.29, 1.82) is 0 Å². The standard InChI is InChI=1S/C17H20ClN9O/c1-11-4-2-3-5-14(11)20-16(28)9-27-22-17(21-24-27)13-7-6-12(18)8-15(13)26-10-19-23-25-26/h6-8,10-11,14H,2-5,9H2,1H3,(H,20,28)/t11-,14-/m0/s1. The van der Waals surface area contributed by atoms with Crippen molar-refractivity contribution >= 4 is 17.5 Å². The van der Waals surface area contributed by atoms with E-state index in [2.05, 4.69) is 43.2 Å². The highest BCUT2D eigenvalue weighted by atomic mass is 35.5. The molecule has 146 valence electrons. The Balaban J connectivity index is 1.50. The fourth-order valence-corrected chi connectivity index (χ4v) is 3.65. The monoisotopic (exact) mass is 401 g/mol. The fraction of sp³-hybridized carbons (Fsp3) is 0.471. The van der Waals surface area contributed by atoms with Gasteiger partial charge in [-0.3, -0.25) is 4.79 Å². The van der Waals surface area contributed by atoms with E-state index in [1.807, 2.05) is 0 Å². The third-order valence-corrected chi connectivity index (χ3v) is 5.23. The predicted octanol–water partition coefficient (Wildman–Crippen LogP) is 1.66. The van der Waals surface area contributed by atoms with Gasteiger partial charge in [-0.1, -0.05) is 31.4 Å². The van der Waals surface area contributed by atoms with Gasteiger partial charge >= 0.3 is 0 Å². The van der Waals surface area contributed by atoms with Crippen LogP contribution in [0.5, 0.6) is 0 Å². The second-order valence-corrected chi connectivity index (χ2v) is 7.43. The van der Waals surface area contributed by atoms with Gasteiger partial charge < -0.3 is 5.32 Å². The maximum atomic E-state index is 12.4. The number of rotatable bonds is 5.